The maximum Gasteiger partial charge on any atom is 0.279 e. The summed E-state index contributed by atoms with van der Waals surface area (Å²) in [4.78, 5) is 39.0. The van der Waals surface area contributed by atoms with E-state index in [1.54, 1.807) is 0 Å². The van der Waals surface area contributed by atoms with Crippen molar-refractivity contribution in [3.05, 3.63) is 43.8 Å². The summed E-state index contributed by atoms with van der Waals surface area (Å²) in [6.45, 7) is 1.42. The average Bonchev–Trinajstić information content (AvgIpc) is 3.29. The molecule has 0 saturated heterocycles. The van der Waals surface area contributed by atoms with Gasteiger partial charge in [0.25, 0.3) is 5.91 Å². The summed E-state index contributed by atoms with van der Waals surface area (Å²) in [5.41, 5.74) is 6.25. The van der Waals surface area contributed by atoms with Crippen LogP contribution in [0.1, 0.15) is 70.1 Å². The molecule has 2 aromatic rings. The lowest BCUT2D eigenvalue weighted by atomic mass is 10.00. The fourth-order valence-electron chi connectivity index (χ4n) is 3.34. The van der Waals surface area contributed by atoms with Crippen LogP contribution in [0, 0.1) is 0 Å². The lowest BCUT2D eigenvalue weighted by molar-refractivity contribution is -0.123. The van der Waals surface area contributed by atoms with Gasteiger partial charge in [0.15, 0.2) is 0 Å². The molecule has 6 nitrogen and oxygen atoms in total. The number of carbonyl (C=O) groups excluding carboxylic acids is 3. The van der Waals surface area contributed by atoms with Gasteiger partial charge in [-0.15, -0.1) is 22.7 Å². The number of amides is 3. The van der Waals surface area contributed by atoms with E-state index in [1.165, 1.54) is 59.3 Å². The third-order valence-corrected chi connectivity index (χ3v) is 6.91. The Balaban J connectivity index is 1.55. The standard InChI is InChI=1S/C20H25N3O3S2/c1-13(24)21-15(17-9-6-10-27-17)12-19(25)22-23-20(26)18-11-14-7-4-2-3-5-8-16(14)28-18/h6,9-11,15H,2-5,7-8,12H2,1H3,(H,21,24)(H,22,25)(H,23,26). The number of carbonyl (C=O) groups is 3. The minimum atomic E-state index is -0.407. The van der Waals surface area contributed by atoms with E-state index in [2.05, 4.69) is 16.2 Å². The van der Waals surface area contributed by atoms with Gasteiger partial charge in [-0.05, 0) is 48.8 Å². The predicted octanol–water partition coefficient (Wildman–Crippen LogP) is 3.50. The quantitative estimate of drug-likeness (QED) is 0.648. The first-order valence-electron chi connectivity index (χ1n) is 9.54. The minimum absolute atomic E-state index is 0.0569. The van der Waals surface area contributed by atoms with E-state index in [1.807, 2.05) is 23.6 Å². The second-order valence-corrected chi connectivity index (χ2v) is 9.06. The second kappa shape index (κ2) is 9.84. The highest BCUT2D eigenvalue weighted by molar-refractivity contribution is 7.14. The smallest absolute Gasteiger partial charge is 0.279 e. The van der Waals surface area contributed by atoms with Crippen LogP contribution < -0.4 is 16.2 Å². The molecular formula is C20H25N3O3S2. The Kier molecular flexibility index (Phi) is 7.22. The van der Waals surface area contributed by atoms with Crippen molar-refractivity contribution in [2.24, 2.45) is 0 Å². The lowest BCUT2D eigenvalue weighted by Crippen LogP contribution is -2.43. The lowest BCUT2D eigenvalue weighted by Gasteiger charge is -2.16. The number of hydrogen-bond acceptors (Lipinski definition) is 5. The zero-order chi connectivity index (χ0) is 19.9. The Morgan fingerprint density at radius 2 is 1.89 bits per heavy atom. The van der Waals surface area contributed by atoms with Crippen LogP contribution in [0.2, 0.25) is 0 Å². The summed E-state index contributed by atoms with van der Waals surface area (Å²) in [7, 11) is 0. The van der Waals surface area contributed by atoms with Gasteiger partial charge in [-0.3, -0.25) is 25.2 Å². The molecule has 1 aliphatic carbocycles. The van der Waals surface area contributed by atoms with Gasteiger partial charge in [0.1, 0.15) is 0 Å². The zero-order valence-corrected chi connectivity index (χ0v) is 17.5. The summed E-state index contributed by atoms with van der Waals surface area (Å²) in [6.07, 6.45) is 6.92. The maximum atomic E-state index is 12.4. The molecular weight excluding hydrogens is 394 g/mol. The SMILES string of the molecule is CC(=O)NC(CC(=O)NNC(=O)c1cc2c(s1)CCCCCC2)c1cccs1. The van der Waals surface area contributed by atoms with Crippen molar-refractivity contribution in [3.63, 3.8) is 0 Å². The molecule has 0 saturated carbocycles. The highest BCUT2D eigenvalue weighted by atomic mass is 32.1. The van der Waals surface area contributed by atoms with Crippen molar-refractivity contribution in [3.8, 4) is 0 Å². The van der Waals surface area contributed by atoms with Gasteiger partial charge in [-0.2, -0.15) is 0 Å². The van der Waals surface area contributed by atoms with Crippen molar-refractivity contribution < 1.29 is 14.4 Å². The molecule has 28 heavy (non-hydrogen) atoms. The van der Waals surface area contributed by atoms with Crippen LogP contribution >= 0.6 is 22.7 Å². The fourth-order valence-corrected chi connectivity index (χ4v) is 5.27. The molecule has 3 rings (SSSR count). The Hall–Kier alpha value is -2.19. The van der Waals surface area contributed by atoms with Gasteiger partial charge in [-0.25, -0.2) is 0 Å². The van der Waals surface area contributed by atoms with Crippen molar-refractivity contribution >= 4 is 40.4 Å². The van der Waals surface area contributed by atoms with Crippen molar-refractivity contribution in [1.29, 1.82) is 0 Å². The number of rotatable bonds is 5. The third-order valence-electron chi connectivity index (χ3n) is 4.69. The predicted molar refractivity (Wildman–Crippen MR) is 111 cm³/mol. The highest BCUT2D eigenvalue weighted by Gasteiger charge is 2.20. The number of hydrazine groups is 1. The molecule has 0 spiro atoms. The molecule has 1 aliphatic rings. The third kappa shape index (κ3) is 5.65. The first-order chi connectivity index (χ1) is 13.5. The normalized spacial score (nSPS) is 14.9. The van der Waals surface area contributed by atoms with E-state index < -0.39 is 6.04 Å². The van der Waals surface area contributed by atoms with Gasteiger partial charge < -0.3 is 5.32 Å². The average molecular weight is 420 g/mol. The second-order valence-electron chi connectivity index (χ2n) is 6.95. The zero-order valence-electron chi connectivity index (χ0n) is 15.9. The van der Waals surface area contributed by atoms with E-state index >= 15 is 0 Å². The molecule has 0 aromatic carbocycles. The monoisotopic (exact) mass is 419 g/mol. The van der Waals surface area contributed by atoms with Gasteiger partial charge in [0.05, 0.1) is 17.3 Å². The van der Waals surface area contributed by atoms with E-state index in [0.29, 0.717) is 4.88 Å². The Morgan fingerprint density at radius 1 is 1.11 bits per heavy atom. The highest BCUT2D eigenvalue weighted by Crippen LogP contribution is 2.28. The molecule has 2 aromatic heterocycles. The first kappa shape index (κ1) is 20.5. The van der Waals surface area contributed by atoms with Crippen LogP contribution in [0.15, 0.2) is 23.6 Å². The molecule has 0 radical (unpaired) electrons. The van der Waals surface area contributed by atoms with E-state index in [-0.39, 0.29) is 24.1 Å². The molecule has 8 heteroatoms. The maximum absolute atomic E-state index is 12.4. The van der Waals surface area contributed by atoms with Gasteiger partial charge in [0.2, 0.25) is 11.8 Å². The molecule has 2 heterocycles. The molecule has 150 valence electrons. The van der Waals surface area contributed by atoms with Crippen molar-refractivity contribution in [2.45, 2.75) is 57.9 Å². The Morgan fingerprint density at radius 3 is 2.61 bits per heavy atom. The van der Waals surface area contributed by atoms with Crippen LogP contribution in [0.3, 0.4) is 0 Å². The molecule has 3 amide bonds. The number of nitrogens with one attached hydrogen (secondary N) is 3. The molecule has 0 aliphatic heterocycles. The van der Waals surface area contributed by atoms with E-state index in [4.69, 9.17) is 0 Å². The van der Waals surface area contributed by atoms with Crippen LogP contribution in [0.25, 0.3) is 0 Å². The number of aryl methyl sites for hydroxylation is 2. The Bertz CT molecular complexity index is 804. The van der Waals surface area contributed by atoms with Crippen LogP contribution in [-0.2, 0) is 22.4 Å². The first-order valence-corrected chi connectivity index (χ1v) is 11.2. The number of hydrogen-bond donors (Lipinski definition) is 3. The summed E-state index contributed by atoms with van der Waals surface area (Å²) in [5, 5.41) is 4.67. The number of fused-ring (bicyclic) bond motifs is 1. The van der Waals surface area contributed by atoms with E-state index in [0.717, 1.165) is 24.1 Å². The fraction of sp³-hybridized carbons (Fsp3) is 0.450. The summed E-state index contributed by atoms with van der Waals surface area (Å²) >= 11 is 2.99. The van der Waals surface area contributed by atoms with Gasteiger partial charge in [0, 0.05) is 16.7 Å². The van der Waals surface area contributed by atoms with Crippen molar-refractivity contribution in [1.82, 2.24) is 16.2 Å². The molecule has 1 atom stereocenters. The van der Waals surface area contributed by atoms with Crippen LogP contribution in [0.4, 0.5) is 0 Å². The Labute approximate surface area is 172 Å². The molecule has 3 N–H and O–H groups in total. The van der Waals surface area contributed by atoms with E-state index in [9.17, 15) is 14.4 Å². The minimum Gasteiger partial charge on any atom is -0.348 e. The summed E-state index contributed by atoms with van der Waals surface area (Å²) in [5.74, 6) is -0.848. The molecule has 0 bridgehead atoms. The summed E-state index contributed by atoms with van der Waals surface area (Å²) in [6, 6.07) is 5.30. The van der Waals surface area contributed by atoms with Crippen LogP contribution in [-0.4, -0.2) is 17.7 Å². The van der Waals surface area contributed by atoms with Gasteiger partial charge in [-0.1, -0.05) is 18.9 Å². The molecule has 1 unspecified atom stereocenters. The van der Waals surface area contributed by atoms with Gasteiger partial charge >= 0.3 is 0 Å². The topological polar surface area (TPSA) is 87.3 Å². The molecule has 0 fully saturated rings. The van der Waals surface area contributed by atoms with Crippen molar-refractivity contribution in [2.75, 3.05) is 0 Å². The summed E-state index contributed by atoms with van der Waals surface area (Å²) < 4.78 is 0. The largest absolute Gasteiger partial charge is 0.348 e. The number of thiophene rings is 2. The van der Waals surface area contributed by atoms with Crippen LogP contribution in [0.5, 0.6) is 0 Å².